The van der Waals surface area contributed by atoms with Crippen LogP contribution in [-0.2, 0) is 13.2 Å². The Balaban J connectivity index is 1.22. The molecule has 6 nitrogen and oxygen atoms in total. The van der Waals surface area contributed by atoms with Crippen LogP contribution in [0.5, 0.6) is 11.5 Å². The van der Waals surface area contributed by atoms with Crippen LogP contribution < -0.4 is 9.47 Å². The van der Waals surface area contributed by atoms with Gasteiger partial charge in [-0.3, -0.25) is 9.98 Å². The lowest BCUT2D eigenvalue weighted by Crippen LogP contribution is -2.34. The zero-order chi connectivity index (χ0) is 29.1. The van der Waals surface area contributed by atoms with Gasteiger partial charge in [-0.15, -0.1) is 0 Å². The Hall–Kier alpha value is -4.01. The maximum Gasteiger partial charge on any atom is 0.165 e. The monoisotopic (exact) mass is 564 g/mol. The number of nitrogens with zero attached hydrogens (tertiary/aromatic N) is 4. The number of aliphatic imine (C=N–C) groups is 2. The number of hydrogen-bond acceptors (Lipinski definition) is 6. The lowest BCUT2D eigenvalue weighted by Gasteiger charge is -2.25. The third-order valence-electron chi connectivity index (χ3n) is 7.30. The van der Waals surface area contributed by atoms with E-state index in [-0.39, 0.29) is 47.9 Å². The van der Waals surface area contributed by atoms with Crippen molar-refractivity contribution < 1.29 is 22.6 Å². The second-order valence-corrected chi connectivity index (χ2v) is 10.7. The van der Waals surface area contributed by atoms with Crippen molar-refractivity contribution >= 4 is 11.7 Å². The fourth-order valence-electron chi connectivity index (χ4n) is 5.12. The van der Waals surface area contributed by atoms with Crippen molar-refractivity contribution in [2.75, 3.05) is 26.2 Å². The number of hydrogen-bond donors (Lipinski definition) is 0. The smallest absolute Gasteiger partial charge is 0.165 e. The highest BCUT2D eigenvalue weighted by molar-refractivity contribution is 6.00. The van der Waals surface area contributed by atoms with Crippen molar-refractivity contribution in [1.29, 1.82) is 0 Å². The highest BCUT2D eigenvalue weighted by Crippen LogP contribution is 2.26. The average molecular weight is 565 g/mol. The molecule has 0 bridgehead atoms. The van der Waals surface area contributed by atoms with Gasteiger partial charge in [-0.05, 0) is 64.1 Å². The van der Waals surface area contributed by atoms with Gasteiger partial charge in [-0.2, -0.15) is 0 Å². The van der Waals surface area contributed by atoms with E-state index in [1.807, 2.05) is 0 Å². The molecule has 0 radical (unpaired) electrons. The summed E-state index contributed by atoms with van der Waals surface area (Å²) < 4.78 is 56.3. The summed E-state index contributed by atoms with van der Waals surface area (Å²) in [7, 11) is 0. The van der Waals surface area contributed by atoms with Gasteiger partial charge in [0.15, 0.2) is 23.1 Å². The molecule has 41 heavy (non-hydrogen) atoms. The molecule has 0 saturated heterocycles. The standard InChI is InChI=1S/C32H35F3N4O2/c1-20(2)38-14-12-36-31(38)22-8-10-28(26(33)16-22)40-18-24-6-5-7-25(30(24)35)19-41-29-11-9-23(17-27(29)34)32-37-13-15-39(32)21(3)4/h5-11,16-17,20-21H,12-15,18-19H2,1-4H3. The molecule has 0 saturated carbocycles. The normalized spacial score (nSPS) is 15.1. The van der Waals surface area contributed by atoms with Gasteiger partial charge < -0.3 is 19.3 Å². The molecule has 3 aromatic carbocycles. The number of amidine groups is 2. The topological polar surface area (TPSA) is 49.7 Å². The second kappa shape index (κ2) is 12.2. The van der Waals surface area contributed by atoms with Crippen LogP contribution in [0.3, 0.4) is 0 Å². The lowest BCUT2D eigenvalue weighted by atomic mass is 10.1. The predicted octanol–water partition coefficient (Wildman–Crippen LogP) is 6.20. The largest absolute Gasteiger partial charge is 0.486 e. The molecule has 5 rings (SSSR count). The molecule has 3 aromatic rings. The van der Waals surface area contributed by atoms with Crippen LogP contribution in [0.15, 0.2) is 64.6 Å². The molecule has 2 aliphatic rings. The van der Waals surface area contributed by atoms with Gasteiger partial charge in [-0.1, -0.05) is 18.2 Å². The van der Waals surface area contributed by atoms with E-state index in [9.17, 15) is 8.78 Å². The Morgan fingerprint density at radius 2 is 1.12 bits per heavy atom. The van der Waals surface area contributed by atoms with Crippen LogP contribution in [-0.4, -0.2) is 59.7 Å². The van der Waals surface area contributed by atoms with E-state index in [1.54, 1.807) is 42.5 Å². The van der Waals surface area contributed by atoms with Crippen molar-refractivity contribution in [2.24, 2.45) is 9.98 Å². The lowest BCUT2D eigenvalue weighted by molar-refractivity contribution is 0.274. The highest BCUT2D eigenvalue weighted by atomic mass is 19.1. The Bertz CT molecular complexity index is 1370. The summed E-state index contributed by atoms with van der Waals surface area (Å²) in [5.41, 5.74) is 1.84. The third kappa shape index (κ3) is 6.19. The van der Waals surface area contributed by atoms with Crippen molar-refractivity contribution in [3.8, 4) is 11.5 Å². The van der Waals surface area contributed by atoms with E-state index in [4.69, 9.17) is 9.47 Å². The third-order valence-corrected chi connectivity index (χ3v) is 7.30. The van der Waals surface area contributed by atoms with Crippen LogP contribution >= 0.6 is 0 Å². The predicted molar refractivity (Wildman–Crippen MR) is 154 cm³/mol. The molecule has 0 N–H and O–H groups in total. The maximum absolute atomic E-state index is 15.3. The SMILES string of the molecule is CC(C)N1CCN=C1c1ccc(OCc2cccc(COc3ccc(C4=NCCN4C(C)C)cc3F)c2F)c(F)c1. The van der Waals surface area contributed by atoms with Gasteiger partial charge >= 0.3 is 0 Å². The van der Waals surface area contributed by atoms with Crippen LogP contribution in [0.25, 0.3) is 0 Å². The molecule has 0 aliphatic carbocycles. The summed E-state index contributed by atoms with van der Waals surface area (Å²) in [6.07, 6.45) is 0. The zero-order valence-electron chi connectivity index (χ0n) is 23.8. The molecule has 2 heterocycles. The van der Waals surface area contributed by atoms with Gasteiger partial charge in [0.2, 0.25) is 0 Å². The number of ether oxygens (including phenoxy) is 2. The van der Waals surface area contributed by atoms with Crippen molar-refractivity contribution in [3.05, 3.63) is 94.3 Å². The Morgan fingerprint density at radius 1 is 0.683 bits per heavy atom. The van der Waals surface area contributed by atoms with E-state index in [2.05, 4.69) is 47.5 Å². The first-order chi connectivity index (χ1) is 19.7. The van der Waals surface area contributed by atoms with Crippen LogP contribution in [0.2, 0.25) is 0 Å². The van der Waals surface area contributed by atoms with Gasteiger partial charge in [-0.25, -0.2) is 13.2 Å². The van der Waals surface area contributed by atoms with E-state index in [0.29, 0.717) is 24.2 Å². The van der Waals surface area contributed by atoms with Gasteiger partial charge in [0, 0.05) is 47.4 Å². The van der Waals surface area contributed by atoms with Gasteiger partial charge in [0.25, 0.3) is 0 Å². The first kappa shape index (κ1) is 28.5. The van der Waals surface area contributed by atoms with Crippen LogP contribution in [0.1, 0.15) is 49.9 Å². The second-order valence-electron chi connectivity index (χ2n) is 10.7. The van der Waals surface area contributed by atoms with Crippen molar-refractivity contribution in [1.82, 2.24) is 9.80 Å². The minimum Gasteiger partial charge on any atom is -0.486 e. The number of halogens is 3. The van der Waals surface area contributed by atoms with E-state index in [1.165, 1.54) is 12.1 Å². The van der Waals surface area contributed by atoms with Gasteiger partial charge in [0.1, 0.15) is 30.7 Å². The minimum atomic E-state index is -0.542. The summed E-state index contributed by atoms with van der Waals surface area (Å²) in [5, 5.41) is 0. The molecule has 0 unspecified atom stereocenters. The first-order valence-electron chi connectivity index (χ1n) is 14.0. The van der Waals surface area contributed by atoms with Crippen molar-refractivity contribution in [3.63, 3.8) is 0 Å². The van der Waals surface area contributed by atoms with Crippen LogP contribution in [0, 0.1) is 17.5 Å². The zero-order valence-corrected chi connectivity index (χ0v) is 23.8. The Kier molecular flexibility index (Phi) is 8.52. The molecular weight excluding hydrogens is 529 g/mol. The van der Waals surface area contributed by atoms with E-state index < -0.39 is 17.5 Å². The fourth-order valence-corrected chi connectivity index (χ4v) is 5.12. The van der Waals surface area contributed by atoms with E-state index >= 15 is 4.39 Å². The Labute approximate surface area is 239 Å². The first-order valence-corrected chi connectivity index (χ1v) is 14.0. The molecular formula is C32H35F3N4O2. The summed E-state index contributed by atoms with van der Waals surface area (Å²) in [4.78, 5) is 13.3. The molecule has 0 aromatic heterocycles. The molecule has 0 fully saturated rings. The quantitative estimate of drug-likeness (QED) is 0.294. The Morgan fingerprint density at radius 3 is 1.51 bits per heavy atom. The van der Waals surface area contributed by atoms with Gasteiger partial charge in [0.05, 0.1) is 13.1 Å². The molecule has 9 heteroatoms. The molecule has 2 aliphatic heterocycles. The molecule has 0 amide bonds. The molecule has 0 atom stereocenters. The number of benzene rings is 3. The summed E-state index contributed by atoms with van der Waals surface area (Å²) in [5.74, 6) is -0.0500. The number of rotatable bonds is 10. The molecule has 0 spiro atoms. The van der Waals surface area contributed by atoms with E-state index in [0.717, 1.165) is 24.8 Å². The highest BCUT2D eigenvalue weighted by Gasteiger charge is 2.23. The maximum atomic E-state index is 15.3. The summed E-state index contributed by atoms with van der Waals surface area (Å²) in [6, 6.07) is 14.7. The minimum absolute atomic E-state index is 0.0227. The van der Waals surface area contributed by atoms with Crippen LogP contribution in [0.4, 0.5) is 13.2 Å². The van der Waals surface area contributed by atoms with Crippen molar-refractivity contribution in [2.45, 2.75) is 53.0 Å². The molecule has 216 valence electrons. The summed E-state index contributed by atoms with van der Waals surface area (Å²) >= 11 is 0. The summed E-state index contributed by atoms with van der Waals surface area (Å²) in [6.45, 7) is 10.9. The average Bonchev–Trinajstić information content (AvgIpc) is 3.64. The fraction of sp³-hybridized carbons (Fsp3) is 0.375.